The molecule has 0 saturated carbocycles. The van der Waals surface area contributed by atoms with Crippen LogP contribution in [0.2, 0.25) is 0 Å². The molecule has 30 heavy (non-hydrogen) atoms. The molecule has 0 fully saturated rings. The Hall–Kier alpha value is -2.86. The Kier molecular flexibility index (Phi) is 6.64. The van der Waals surface area contributed by atoms with Crippen LogP contribution in [0.1, 0.15) is 29.0 Å². The SMILES string of the molecule is Cc1nc(-c2ccc(CCNC(=O)CCc3ccc4c(c3)OCCCO4)cc2)cs1. The van der Waals surface area contributed by atoms with Gasteiger partial charge < -0.3 is 14.8 Å². The summed E-state index contributed by atoms with van der Waals surface area (Å²) in [5.74, 6) is 1.63. The van der Waals surface area contributed by atoms with Crippen molar-refractivity contribution < 1.29 is 14.3 Å². The summed E-state index contributed by atoms with van der Waals surface area (Å²) < 4.78 is 11.4. The van der Waals surface area contributed by atoms with E-state index in [1.807, 2.05) is 25.1 Å². The van der Waals surface area contributed by atoms with Crippen LogP contribution in [0.25, 0.3) is 11.3 Å². The molecule has 0 radical (unpaired) electrons. The maximum absolute atomic E-state index is 12.2. The van der Waals surface area contributed by atoms with Crippen molar-refractivity contribution in [1.82, 2.24) is 10.3 Å². The summed E-state index contributed by atoms with van der Waals surface area (Å²) in [5.41, 5.74) is 4.44. The van der Waals surface area contributed by atoms with Gasteiger partial charge in [0, 0.05) is 30.3 Å². The fraction of sp³-hybridized carbons (Fsp3) is 0.333. The summed E-state index contributed by atoms with van der Waals surface area (Å²) in [6, 6.07) is 14.3. The Bertz CT molecular complexity index is 998. The van der Waals surface area contributed by atoms with Crippen LogP contribution in [0.15, 0.2) is 47.8 Å². The Labute approximate surface area is 181 Å². The number of nitrogens with zero attached hydrogens (tertiary/aromatic N) is 1. The Morgan fingerprint density at radius 1 is 1.03 bits per heavy atom. The van der Waals surface area contributed by atoms with Gasteiger partial charge in [0.1, 0.15) is 0 Å². The number of ether oxygens (including phenoxy) is 2. The standard InChI is InChI=1S/C24H26N2O3S/c1-17-26-21(16-30-17)20-7-3-18(4-8-20)11-12-25-24(27)10-6-19-5-9-22-23(15-19)29-14-2-13-28-22/h3-5,7-9,15-16H,2,6,10-14H2,1H3,(H,25,27). The van der Waals surface area contributed by atoms with E-state index in [0.717, 1.165) is 46.2 Å². The van der Waals surface area contributed by atoms with Crippen LogP contribution in [-0.2, 0) is 17.6 Å². The molecular weight excluding hydrogens is 396 g/mol. The molecule has 0 saturated heterocycles. The highest BCUT2D eigenvalue weighted by molar-refractivity contribution is 7.09. The minimum Gasteiger partial charge on any atom is -0.490 e. The van der Waals surface area contributed by atoms with Crippen molar-refractivity contribution in [2.24, 2.45) is 0 Å². The largest absolute Gasteiger partial charge is 0.490 e. The third-order valence-corrected chi connectivity index (χ3v) is 5.83. The van der Waals surface area contributed by atoms with Crippen LogP contribution in [0.5, 0.6) is 11.5 Å². The number of hydrogen-bond donors (Lipinski definition) is 1. The first kappa shape index (κ1) is 20.4. The third kappa shape index (κ3) is 5.39. The first-order valence-corrected chi connectivity index (χ1v) is 11.2. The predicted octanol–water partition coefficient (Wildman–Crippen LogP) is 4.57. The minimum absolute atomic E-state index is 0.0664. The van der Waals surface area contributed by atoms with Crippen LogP contribution in [0.3, 0.4) is 0 Å². The lowest BCUT2D eigenvalue weighted by atomic mass is 10.1. The fourth-order valence-electron chi connectivity index (χ4n) is 3.39. The van der Waals surface area contributed by atoms with Crippen LogP contribution >= 0.6 is 11.3 Å². The third-order valence-electron chi connectivity index (χ3n) is 5.06. The quantitative estimate of drug-likeness (QED) is 0.606. The summed E-state index contributed by atoms with van der Waals surface area (Å²) in [4.78, 5) is 16.7. The second-order valence-electron chi connectivity index (χ2n) is 7.38. The molecule has 3 aromatic rings. The highest BCUT2D eigenvalue weighted by Crippen LogP contribution is 2.30. The molecule has 1 amide bonds. The van der Waals surface area contributed by atoms with Gasteiger partial charge in [0.05, 0.1) is 23.9 Å². The Balaban J connectivity index is 1.21. The summed E-state index contributed by atoms with van der Waals surface area (Å²) in [7, 11) is 0. The number of fused-ring (bicyclic) bond motifs is 1. The Morgan fingerprint density at radius 2 is 1.80 bits per heavy atom. The number of aromatic nitrogens is 1. The highest BCUT2D eigenvalue weighted by Gasteiger charge is 2.11. The molecule has 0 atom stereocenters. The second kappa shape index (κ2) is 9.76. The monoisotopic (exact) mass is 422 g/mol. The zero-order valence-corrected chi connectivity index (χ0v) is 18.0. The number of benzene rings is 2. The molecule has 156 valence electrons. The molecule has 6 heteroatoms. The average molecular weight is 423 g/mol. The number of aryl methyl sites for hydroxylation is 2. The average Bonchev–Trinajstić information content (AvgIpc) is 3.06. The van der Waals surface area contributed by atoms with Gasteiger partial charge in [0.2, 0.25) is 5.91 Å². The topological polar surface area (TPSA) is 60.5 Å². The van der Waals surface area contributed by atoms with Crippen molar-refractivity contribution in [1.29, 1.82) is 0 Å². The van der Waals surface area contributed by atoms with Crippen molar-refractivity contribution in [3.63, 3.8) is 0 Å². The molecule has 0 spiro atoms. The number of nitrogens with one attached hydrogen (secondary N) is 1. The number of carbonyl (C=O) groups is 1. The molecule has 0 aliphatic carbocycles. The van der Waals surface area contributed by atoms with E-state index in [4.69, 9.17) is 9.47 Å². The van der Waals surface area contributed by atoms with Gasteiger partial charge in [-0.05, 0) is 43.0 Å². The van der Waals surface area contributed by atoms with Gasteiger partial charge in [-0.3, -0.25) is 4.79 Å². The van der Waals surface area contributed by atoms with E-state index in [1.165, 1.54) is 5.56 Å². The van der Waals surface area contributed by atoms with E-state index >= 15 is 0 Å². The molecular formula is C24H26N2O3S. The second-order valence-corrected chi connectivity index (χ2v) is 8.44. The molecule has 1 aromatic heterocycles. The number of amides is 1. The molecule has 2 aromatic carbocycles. The van der Waals surface area contributed by atoms with Gasteiger partial charge in [-0.25, -0.2) is 4.98 Å². The van der Waals surface area contributed by atoms with Gasteiger partial charge in [-0.15, -0.1) is 11.3 Å². The summed E-state index contributed by atoms with van der Waals surface area (Å²) in [5, 5.41) is 6.17. The summed E-state index contributed by atoms with van der Waals surface area (Å²) >= 11 is 1.66. The van der Waals surface area contributed by atoms with E-state index < -0.39 is 0 Å². The van der Waals surface area contributed by atoms with Gasteiger partial charge in [0.15, 0.2) is 11.5 Å². The molecule has 1 aliphatic heterocycles. The maximum Gasteiger partial charge on any atom is 0.220 e. The molecule has 0 bridgehead atoms. The Morgan fingerprint density at radius 3 is 2.57 bits per heavy atom. The van der Waals surface area contributed by atoms with E-state index in [9.17, 15) is 4.79 Å². The van der Waals surface area contributed by atoms with E-state index in [0.29, 0.717) is 32.6 Å². The normalized spacial score (nSPS) is 13.0. The van der Waals surface area contributed by atoms with Crippen LogP contribution in [0.4, 0.5) is 0 Å². The molecule has 4 rings (SSSR count). The van der Waals surface area contributed by atoms with Gasteiger partial charge in [-0.1, -0.05) is 30.3 Å². The molecule has 1 N–H and O–H groups in total. The van der Waals surface area contributed by atoms with Crippen molar-refractivity contribution >= 4 is 17.2 Å². The maximum atomic E-state index is 12.2. The van der Waals surface area contributed by atoms with Crippen LogP contribution < -0.4 is 14.8 Å². The summed E-state index contributed by atoms with van der Waals surface area (Å²) in [6.45, 7) is 4.00. The zero-order chi connectivity index (χ0) is 20.8. The minimum atomic E-state index is 0.0664. The smallest absolute Gasteiger partial charge is 0.220 e. The highest BCUT2D eigenvalue weighted by atomic mass is 32.1. The zero-order valence-electron chi connectivity index (χ0n) is 17.1. The van der Waals surface area contributed by atoms with Crippen molar-refractivity contribution in [3.05, 3.63) is 64.0 Å². The van der Waals surface area contributed by atoms with E-state index in [2.05, 4.69) is 39.9 Å². The van der Waals surface area contributed by atoms with Gasteiger partial charge >= 0.3 is 0 Å². The van der Waals surface area contributed by atoms with Crippen LogP contribution in [0, 0.1) is 6.92 Å². The van der Waals surface area contributed by atoms with Crippen molar-refractivity contribution in [3.8, 4) is 22.8 Å². The number of rotatable bonds is 7. The van der Waals surface area contributed by atoms with Crippen molar-refractivity contribution in [2.75, 3.05) is 19.8 Å². The number of carbonyl (C=O) groups excluding carboxylic acids is 1. The van der Waals surface area contributed by atoms with Gasteiger partial charge in [0.25, 0.3) is 0 Å². The predicted molar refractivity (Wildman–Crippen MR) is 119 cm³/mol. The molecule has 5 nitrogen and oxygen atoms in total. The lowest BCUT2D eigenvalue weighted by Crippen LogP contribution is -2.25. The first-order chi connectivity index (χ1) is 14.7. The van der Waals surface area contributed by atoms with E-state index in [1.54, 1.807) is 11.3 Å². The van der Waals surface area contributed by atoms with E-state index in [-0.39, 0.29) is 5.91 Å². The number of hydrogen-bond acceptors (Lipinski definition) is 5. The van der Waals surface area contributed by atoms with Gasteiger partial charge in [-0.2, -0.15) is 0 Å². The summed E-state index contributed by atoms with van der Waals surface area (Å²) in [6.07, 6.45) is 2.85. The molecule has 1 aliphatic rings. The number of thiazole rings is 1. The first-order valence-electron chi connectivity index (χ1n) is 10.3. The molecule has 0 unspecified atom stereocenters. The fourth-order valence-corrected chi connectivity index (χ4v) is 4.02. The lowest BCUT2D eigenvalue weighted by Gasteiger charge is -2.10. The van der Waals surface area contributed by atoms with Crippen LogP contribution in [-0.4, -0.2) is 30.6 Å². The van der Waals surface area contributed by atoms with Crippen molar-refractivity contribution in [2.45, 2.75) is 32.6 Å². The lowest BCUT2D eigenvalue weighted by molar-refractivity contribution is -0.121. The molecule has 2 heterocycles.